The summed E-state index contributed by atoms with van der Waals surface area (Å²) in [5.41, 5.74) is 1.04. The number of carbonyl (C=O) groups is 1. The van der Waals surface area contributed by atoms with Gasteiger partial charge >= 0.3 is 0 Å². The summed E-state index contributed by atoms with van der Waals surface area (Å²) in [6, 6.07) is 3.87. The molecule has 1 aliphatic rings. The standard InChI is InChI=1S/C15H20Br2N2O2/c1-2-21-14-10(7-11(16)8-12(14)17)9-19-13-5-3-4-6-18-15(13)20/h7-8,13,19H,2-6,9H2,1H3,(H,18,20). The van der Waals surface area contributed by atoms with Crippen LogP contribution in [0.15, 0.2) is 21.1 Å². The van der Waals surface area contributed by atoms with Crippen LogP contribution < -0.4 is 15.4 Å². The maximum atomic E-state index is 12.0. The summed E-state index contributed by atoms with van der Waals surface area (Å²) in [6.07, 6.45) is 3.00. The van der Waals surface area contributed by atoms with Gasteiger partial charge in [0.1, 0.15) is 5.75 Å². The van der Waals surface area contributed by atoms with Crippen molar-refractivity contribution in [3.63, 3.8) is 0 Å². The molecule has 1 aromatic rings. The first-order valence-corrected chi connectivity index (χ1v) is 8.82. The smallest absolute Gasteiger partial charge is 0.237 e. The van der Waals surface area contributed by atoms with Gasteiger partial charge in [-0.1, -0.05) is 15.9 Å². The molecular formula is C15H20Br2N2O2. The quantitative estimate of drug-likeness (QED) is 0.769. The van der Waals surface area contributed by atoms with Crippen LogP contribution in [-0.2, 0) is 11.3 Å². The van der Waals surface area contributed by atoms with Crippen LogP contribution >= 0.6 is 31.9 Å². The number of rotatable bonds is 5. The second-order valence-corrected chi connectivity index (χ2v) is 6.80. The molecule has 6 heteroatoms. The van der Waals surface area contributed by atoms with Crippen LogP contribution in [-0.4, -0.2) is 25.1 Å². The molecule has 1 saturated heterocycles. The van der Waals surface area contributed by atoms with E-state index in [0.29, 0.717) is 13.2 Å². The topological polar surface area (TPSA) is 50.4 Å². The van der Waals surface area contributed by atoms with Crippen molar-refractivity contribution in [1.29, 1.82) is 0 Å². The van der Waals surface area contributed by atoms with Crippen molar-refractivity contribution in [2.75, 3.05) is 13.2 Å². The van der Waals surface area contributed by atoms with E-state index >= 15 is 0 Å². The van der Waals surface area contributed by atoms with Gasteiger partial charge in [-0.05, 0) is 54.2 Å². The summed E-state index contributed by atoms with van der Waals surface area (Å²) in [7, 11) is 0. The highest BCUT2D eigenvalue weighted by Gasteiger charge is 2.20. The van der Waals surface area contributed by atoms with Gasteiger partial charge in [-0.25, -0.2) is 0 Å². The maximum Gasteiger partial charge on any atom is 0.237 e. The summed E-state index contributed by atoms with van der Waals surface area (Å²) in [5.74, 6) is 0.932. The Bertz CT molecular complexity index is 509. The third-order valence-corrected chi connectivity index (χ3v) is 4.50. The molecule has 116 valence electrons. The van der Waals surface area contributed by atoms with Crippen molar-refractivity contribution < 1.29 is 9.53 Å². The molecule has 2 rings (SSSR count). The lowest BCUT2D eigenvalue weighted by molar-refractivity contribution is -0.122. The molecule has 0 aliphatic carbocycles. The summed E-state index contributed by atoms with van der Waals surface area (Å²) in [4.78, 5) is 12.0. The van der Waals surface area contributed by atoms with Gasteiger partial charge in [0.05, 0.1) is 17.1 Å². The minimum atomic E-state index is -0.125. The zero-order valence-electron chi connectivity index (χ0n) is 12.0. The lowest BCUT2D eigenvalue weighted by atomic mass is 10.1. The van der Waals surface area contributed by atoms with E-state index in [2.05, 4.69) is 42.5 Å². The molecule has 0 radical (unpaired) electrons. The third kappa shape index (κ3) is 4.69. The number of halogens is 2. The Morgan fingerprint density at radius 1 is 1.38 bits per heavy atom. The molecule has 0 aromatic heterocycles. The SMILES string of the molecule is CCOc1c(Br)cc(Br)cc1CNC1CCCCNC1=O. The molecule has 21 heavy (non-hydrogen) atoms. The van der Waals surface area contributed by atoms with Gasteiger partial charge < -0.3 is 15.4 Å². The Labute approximate surface area is 142 Å². The molecule has 1 fully saturated rings. The largest absolute Gasteiger partial charge is 0.492 e. The van der Waals surface area contributed by atoms with Gasteiger partial charge in [0.15, 0.2) is 0 Å². The number of amides is 1. The number of carbonyl (C=O) groups excluding carboxylic acids is 1. The van der Waals surface area contributed by atoms with Gasteiger partial charge in [0.25, 0.3) is 0 Å². The van der Waals surface area contributed by atoms with E-state index in [1.165, 1.54) is 0 Å². The van der Waals surface area contributed by atoms with Gasteiger partial charge in [-0.2, -0.15) is 0 Å². The van der Waals surface area contributed by atoms with Gasteiger partial charge in [-0.3, -0.25) is 4.79 Å². The fourth-order valence-electron chi connectivity index (χ4n) is 2.42. The highest BCUT2D eigenvalue weighted by atomic mass is 79.9. The average Bonchev–Trinajstić information content (AvgIpc) is 2.64. The molecule has 1 aliphatic heterocycles. The first-order valence-electron chi connectivity index (χ1n) is 7.23. The summed E-state index contributed by atoms with van der Waals surface area (Å²) in [5, 5.41) is 6.29. The van der Waals surface area contributed by atoms with Crippen LogP contribution in [0.3, 0.4) is 0 Å². The average molecular weight is 420 g/mol. The van der Waals surface area contributed by atoms with Gasteiger partial charge in [-0.15, -0.1) is 0 Å². The summed E-state index contributed by atoms with van der Waals surface area (Å²) in [6.45, 7) is 3.96. The fraction of sp³-hybridized carbons (Fsp3) is 0.533. The highest BCUT2D eigenvalue weighted by Crippen LogP contribution is 2.33. The molecule has 0 bridgehead atoms. The van der Waals surface area contributed by atoms with Crippen LogP contribution in [0.2, 0.25) is 0 Å². The number of hydrogen-bond donors (Lipinski definition) is 2. The van der Waals surface area contributed by atoms with Crippen molar-refractivity contribution >= 4 is 37.8 Å². The minimum absolute atomic E-state index is 0.0968. The molecule has 0 saturated carbocycles. The molecule has 0 spiro atoms. The first kappa shape index (κ1) is 16.8. The Balaban J connectivity index is 2.09. The second kappa shape index (κ2) is 8.15. The van der Waals surface area contributed by atoms with E-state index in [1.54, 1.807) is 0 Å². The number of hydrogen-bond acceptors (Lipinski definition) is 3. The van der Waals surface area contributed by atoms with Crippen LogP contribution in [0, 0.1) is 0 Å². The van der Waals surface area contributed by atoms with E-state index in [9.17, 15) is 4.79 Å². The van der Waals surface area contributed by atoms with Gasteiger partial charge in [0.2, 0.25) is 5.91 Å². The predicted octanol–water partition coefficient (Wildman–Crippen LogP) is 3.37. The van der Waals surface area contributed by atoms with Crippen LogP contribution in [0.5, 0.6) is 5.75 Å². The van der Waals surface area contributed by atoms with Crippen LogP contribution in [0.4, 0.5) is 0 Å². The van der Waals surface area contributed by atoms with Crippen molar-refractivity contribution in [3.8, 4) is 5.75 Å². The van der Waals surface area contributed by atoms with E-state index in [4.69, 9.17) is 4.74 Å². The lowest BCUT2D eigenvalue weighted by Crippen LogP contribution is -2.42. The molecule has 1 unspecified atom stereocenters. The second-order valence-electron chi connectivity index (χ2n) is 5.03. The van der Waals surface area contributed by atoms with Crippen molar-refractivity contribution in [2.24, 2.45) is 0 Å². The summed E-state index contributed by atoms with van der Waals surface area (Å²) >= 11 is 7.02. The Kier molecular flexibility index (Phi) is 6.51. The molecule has 1 heterocycles. The normalized spacial score (nSPS) is 19.0. The van der Waals surface area contributed by atoms with Crippen molar-refractivity contribution in [3.05, 3.63) is 26.6 Å². The molecule has 1 aromatic carbocycles. The monoisotopic (exact) mass is 418 g/mol. The number of benzene rings is 1. The van der Waals surface area contributed by atoms with Gasteiger partial charge in [0, 0.05) is 23.1 Å². The Morgan fingerprint density at radius 2 is 2.19 bits per heavy atom. The maximum absolute atomic E-state index is 12.0. The van der Waals surface area contributed by atoms with Crippen LogP contribution in [0.25, 0.3) is 0 Å². The number of ether oxygens (including phenoxy) is 1. The van der Waals surface area contributed by atoms with Crippen molar-refractivity contribution in [2.45, 2.75) is 38.8 Å². The van der Waals surface area contributed by atoms with E-state index in [1.807, 2.05) is 19.1 Å². The van der Waals surface area contributed by atoms with Crippen molar-refractivity contribution in [1.82, 2.24) is 10.6 Å². The Hall–Kier alpha value is -0.590. The number of nitrogens with one attached hydrogen (secondary N) is 2. The van der Waals surface area contributed by atoms with Crippen LogP contribution in [0.1, 0.15) is 31.7 Å². The zero-order valence-corrected chi connectivity index (χ0v) is 15.2. The minimum Gasteiger partial charge on any atom is -0.492 e. The highest BCUT2D eigenvalue weighted by molar-refractivity contribution is 9.11. The lowest BCUT2D eigenvalue weighted by Gasteiger charge is -2.18. The molecule has 2 N–H and O–H groups in total. The molecular weight excluding hydrogens is 400 g/mol. The third-order valence-electron chi connectivity index (χ3n) is 3.45. The Morgan fingerprint density at radius 3 is 2.95 bits per heavy atom. The molecule has 1 amide bonds. The van der Waals surface area contributed by atoms with E-state index in [0.717, 1.165) is 46.1 Å². The fourth-order valence-corrected chi connectivity index (χ4v) is 3.85. The molecule has 4 nitrogen and oxygen atoms in total. The zero-order chi connectivity index (χ0) is 15.2. The first-order chi connectivity index (χ1) is 10.1. The van der Waals surface area contributed by atoms with E-state index in [-0.39, 0.29) is 11.9 Å². The predicted molar refractivity (Wildman–Crippen MR) is 90.5 cm³/mol. The summed E-state index contributed by atoms with van der Waals surface area (Å²) < 4.78 is 7.61. The molecule has 1 atom stereocenters. The van der Waals surface area contributed by atoms with E-state index < -0.39 is 0 Å².